The standard InChI is InChI=1S/C31H21N5O/c1-3-8-22(9-4-1)29-34-30(23-10-5-2-6-11-23)36-31(35-29)25-14-18-27(19-15-25)37-26-16-12-24(13-17-26)28-32-20-7-21-33-28/h1-21H. The molecular weight excluding hydrogens is 458 g/mol. The molecule has 0 radical (unpaired) electrons. The molecule has 0 fully saturated rings. The summed E-state index contributed by atoms with van der Waals surface area (Å²) in [5.41, 5.74) is 3.68. The zero-order valence-corrected chi connectivity index (χ0v) is 19.8. The second-order valence-electron chi connectivity index (χ2n) is 8.26. The molecule has 0 aliphatic heterocycles. The molecule has 6 aromatic rings. The Hall–Kier alpha value is -5.23. The fourth-order valence-electron chi connectivity index (χ4n) is 3.87. The molecule has 0 saturated carbocycles. The molecule has 6 rings (SSSR count). The molecule has 6 nitrogen and oxygen atoms in total. The molecule has 0 unspecified atom stereocenters. The van der Waals surface area contributed by atoms with Crippen molar-refractivity contribution in [3.8, 4) is 57.1 Å². The largest absolute Gasteiger partial charge is 0.457 e. The van der Waals surface area contributed by atoms with Crippen molar-refractivity contribution in [3.05, 3.63) is 128 Å². The van der Waals surface area contributed by atoms with Gasteiger partial charge in [-0.1, -0.05) is 60.7 Å². The Morgan fingerprint density at radius 2 is 0.730 bits per heavy atom. The van der Waals surface area contributed by atoms with Gasteiger partial charge >= 0.3 is 0 Å². The summed E-state index contributed by atoms with van der Waals surface area (Å²) >= 11 is 0. The van der Waals surface area contributed by atoms with E-state index in [0.29, 0.717) is 29.0 Å². The highest BCUT2D eigenvalue weighted by Crippen LogP contribution is 2.28. The van der Waals surface area contributed by atoms with Crippen molar-refractivity contribution in [2.75, 3.05) is 0 Å². The van der Waals surface area contributed by atoms with Gasteiger partial charge in [0.1, 0.15) is 11.5 Å². The Morgan fingerprint density at radius 1 is 0.351 bits per heavy atom. The van der Waals surface area contributed by atoms with Crippen LogP contribution in [0.15, 0.2) is 128 Å². The molecule has 37 heavy (non-hydrogen) atoms. The van der Waals surface area contributed by atoms with Gasteiger partial charge in [-0.2, -0.15) is 0 Å². The molecule has 0 atom stereocenters. The minimum atomic E-state index is 0.603. The van der Waals surface area contributed by atoms with Gasteiger partial charge in [0.2, 0.25) is 0 Å². The van der Waals surface area contributed by atoms with Crippen LogP contribution < -0.4 is 4.74 Å². The van der Waals surface area contributed by atoms with Gasteiger partial charge in [-0.15, -0.1) is 0 Å². The SMILES string of the molecule is c1ccc(-c2nc(-c3ccccc3)nc(-c3ccc(Oc4ccc(-c5ncccn5)cc4)cc3)n2)cc1. The summed E-state index contributed by atoms with van der Waals surface area (Å²) in [7, 11) is 0. The van der Waals surface area contributed by atoms with E-state index in [1.165, 1.54) is 0 Å². The van der Waals surface area contributed by atoms with E-state index >= 15 is 0 Å². The van der Waals surface area contributed by atoms with Crippen LogP contribution in [0.3, 0.4) is 0 Å². The fraction of sp³-hybridized carbons (Fsp3) is 0. The lowest BCUT2D eigenvalue weighted by Gasteiger charge is -2.10. The van der Waals surface area contributed by atoms with Gasteiger partial charge in [0.15, 0.2) is 23.3 Å². The van der Waals surface area contributed by atoms with Gasteiger partial charge in [0.25, 0.3) is 0 Å². The first-order valence-electron chi connectivity index (χ1n) is 11.8. The van der Waals surface area contributed by atoms with Crippen LogP contribution in [0.5, 0.6) is 11.5 Å². The molecule has 4 aromatic carbocycles. The average Bonchev–Trinajstić information content (AvgIpc) is 2.99. The van der Waals surface area contributed by atoms with Crippen molar-refractivity contribution >= 4 is 0 Å². The van der Waals surface area contributed by atoms with Crippen molar-refractivity contribution in [1.82, 2.24) is 24.9 Å². The van der Waals surface area contributed by atoms with Crippen LogP contribution in [0.2, 0.25) is 0 Å². The van der Waals surface area contributed by atoms with Crippen LogP contribution >= 0.6 is 0 Å². The maximum atomic E-state index is 6.05. The van der Waals surface area contributed by atoms with Crippen LogP contribution in [0.4, 0.5) is 0 Å². The van der Waals surface area contributed by atoms with Crippen LogP contribution in [0.1, 0.15) is 0 Å². The van der Waals surface area contributed by atoms with Crippen molar-refractivity contribution < 1.29 is 4.74 Å². The smallest absolute Gasteiger partial charge is 0.164 e. The summed E-state index contributed by atoms with van der Waals surface area (Å²) in [6, 6.07) is 37.1. The Labute approximate surface area is 214 Å². The predicted octanol–water partition coefficient (Wildman–Crippen LogP) is 7.12. The molecule has 0 aliphatic carbocycles. The number of hydrogen-bond acceptors (Lipinski definition) is 6. The Morgan fingerprint density at radius 3 is 1.16 bits per heavy atom. The fourth-order valence-corrected chi connectivity index (χ4v) is 3.87. The van der Waals surface area contributed by atoms with E-state index in [-0.39, 0.29) is 0 Å². The summed E-state index contributed by atoms with van der Waals surface area (Å²) in [5.74, 6) is 3.99. The normalized spacial score (nSPS) is 10.7. The van der Waals surface area contributed by atoms with Gasteiger partial charge < -0.3 is 4.74 Å². The van der Waals surface area contributed by atoms with Crippen molar-refractivity contribution in [2.24, 2.45) is 0 Å². The van der Waals surface area contributed by atoms with E-state index < -0.39 is 0 Å². The maximum absolute atomic E-state index is 6.05. The van der Waals surface area contributed by atoms with Crippen LogP contribution in [0.25, 0.3) is 45.6 Å². The minimum absolute atomic E-state index is 0.603. The first kappa shape index (κ1) is 22.2. The van der Waals surface area contributed by atoms with Gasteiger partial charge in [-0.05, 0) is 54.6 Å². The summed E-state index contributed by atoms with van der Waals surface area (Å²) in [4.78, 5) is 22.9. The van der Waals surface area contributed by atoms with Crippen molar-refractivity contribution in [3.63, 3.8) is 0 Å². The second kappa shape index (κ2) is 10.2. The van der Waals surface area contributed by atoms with Gasteiger partial charge in [-0.25, -0.2) is 24.9 Å². The highest BCUT2D eigenvalue weighted by Gasteiger charge is 2.12. The summed E-state index contributed by atoms with van der Waals surface area (Å²) in [5, 5.41) is 0. The molecular formula is C31H21N5O. The second-order valence-corrected chi connectivity index (χ2v) is 8.26. The van der Waals surface area contributed by atoms with Crippen LogP contribution in [-0.4, -0.2) is 24.9 Å². The number of benzene rings is 4. The minimum Gasteiger partial charge on any atom is -0.457 e. The monoisotopic (exact) mass is 479 g/mol. The molecule has 0 aliphatic rings. The molecule has 0 amide bonds. The van der Waals surface area contributed by atoms with E-state index in [4.69, 9.17) is 19.7 Å². The average molecular weight is 480 g/mol. The molecule has 0 saturated heterocycles. The Kier molecular flexibility index (Phi) is 6.12. The highest BCUT2D eigenvalue weighted by atomic mass is 16.5. The van der Waals surface area contributed by atoms with E-state index in [1.807, 2.05) is 109 Å². The zero-order valence-electron chi connectivity index (χ0n) is 19.8. The lowest BCUT2D eigenvalue weighted by atomic mass is 10.1. The van der Waals surface area contributed by atoms with E-state index in [2.05, 4.69) is 9.97 Å². The van der Waals surface area contributed by atoms with Gasteiger partial charge in [0.05, 0.1) is 0 Å². The molecule has 0 bridgehead atoms. The molecule has 2 aromatic heterocycles. The lowest BCUT2D eigenvalue weighted by Crippen LogP contribution is -2.00. The quantitative estimate of drug-likeness (QED) is 0.253. The first-order valence-corrected chi connectivity index (χ1v) is 11.8. The summed E-state index contributed by atoms with van der Waals surface area (Å²) in [6.07, 6.45) is 3.46. The number of aromatic nitrogens is 5. The molecule has 0 spiro atoms. The van der Waals surface area contributed by atoms with Crippen molar-refractivity contribution in [1.29, 1.82) is 0 Å². The zero-order chi connectivity index (χ0) is 24.9. The van der Waals surface area contributed by atoms with Gasteiger partial charge in [-0.3, -0.25) is 0 Å². The van der Waals surface area contributed by atoms with E-state index in [1.54, 1.807) is 18.5 Å². The third-order valence-electron chi connectivity index (χ3n) is 5.73. The maximum Gasteiger partial charge on any atom is 0.164 e. The first-order chi connectivity index (χ1) is 18.3. The third-order valence-corrected chi connectivity index (χ3v) is 5.73. The number of rotatable bonds is 6. The Balaban J connectivity index is 1.28. The Bertz CT molecular complexity index is 1550. The summed E-state index contributed by atoms with van der Waals surface area (Å²) < 4.78 is 6.05. The summed E-state index contributed by atoms with van der Waals surface area (Å²) in [6.45, 7) is 0. The molecule has 0 N–H and O–H groups in total. The van der Waals surface area contributed by atoms with Crippen LogP contribution in [0, 0.1) is 0 Å². The van der Waals surface area contributed by atoms with E-state index in [0.717, 1.165) is 28.0 Å². The molecule has 2 heterocycles. The third kappa shape index (κ3) is 5.09. The predicted molar refractivity (Wildman–Crippen MR) is 144 cm³/mol. The van der Waals surface area contributed by atoms with E-state index in [9.17, 15) is 0 Å². The van der Waals surface area contributed by atoms with Crippen molar-refractivity contribution in [2.45, 2.75) is 0 Å². The van der Waals surface area contributed by atoms with Gasteiger partial charge in [0, 0.05) is 34.6 Å². The molecule has 176 valence electrons. The number of hydrogen-bond donors (Lipinski definition) is 0. The lowest BCUT2D eigenvalue weighted by molar-refractivity contribution is 0.483. The number of nitrogens with zero attached hydrogens (tertiary/aromatic N) is 5. The topological polar surface area (TPSA) is 73.7 Å². The molecule has 6 heteroatoms. The van der Waals surface area contributed by atoms with Crippen LogP contribution in [-0.2, 0) is 0 Å². The highest BCUT2D eigenvalue weighted by molar-refractivity contribution is 5.66. The number of ether oxygens (including phenoxy) is 1.